The van der Waals surface area contributed by atoms with Crippen molar-refractivity contribution in [1.82, 2.24) is 4.90 Å². The molecule has 2 saturated heterocycles. The summed E-state index contributed by atoms with van der Waals surface area (Å²) < 4.78 is 0. The van der Waals surface area contributed by atoms with Crippen LogP contribution in [0.4, 0.5) is 4.79 Å². The van der Waals surface area contributed by atoms with Gasteiger partial charge in [0.1, 0.15) is 0 Å². The molecule has 2 aromatic carbocycles. The molecule has 0 spiro atoms. The Morgan fingerprint density at radius 1 is 0.870 bits per heavy atom. The number of rotatable bonds is 2. The number of nitrogens with zero attached hydrogens (tertiary/aromatic N) is 1. The van der Waals surface area contributed by atoms with Gasteiger partial charge in [0, 0.05) is 6.04 Å². The summed E-state index contributed by atoms with van der Waals surface area (Å²) in [5.41, 5.74) is 9.34. The van der Waals surface area contributed by atoms with E-state index < -0.39 is 0 Å². The second-order valence-electron chi connectivity index (χ2n) is 6.75. The molecule has 2 heterocycles. The summed E-state index contributed by atoms with van der Waals surface area (Å²) in [6, 6.07) is 19.3. The van der Waals surface area contributed by atoms with Gasteiger partial charge in [-0.25, -0.2) is 4.79 Å². The fraction of sp³-hybridized carbons (Fsp3) is 0.350. The molecule has 0 aromatic heterocycles. The van der Waals surface area contributed by atoms with E-state index in [4.69, 9.17) is 5.73 Å². The van der Waals surface area contributed by atoms with E-state index in [-0.39, 0.29) is 12.1 Å². The molecule has 3 fully saturated rings. The fourth-order valence-electron chi connectivity index (χ4n) is 4.40. The van der Waals surface area contributed by atoms with Crippen LogP contribution in [0.25, 0.3) is 11.1 Å². The van der Waals surface area contributed by atoms with Crippen LogP contribution in [0.15, 0.2) is 54.6 Å². The lowest BCUT2D eigenvalue weighted by Crippen LogP contribution is -2.54. The first-order chi connectivity index (χ1) is 11.2. The summed E-state index contributed by atoms with van der Waals surface area (Å²) in [7, 11) is 0. The van der Waals surface area contributed by atoms with Crippen LogP contribution in [0.5, 0.6) is 0 Å². The van der Waals surface area contributed by atoms with Crippen LogP contribution in [-0.2, 0) is 0 Å². The van der Waals surface area contributed by atoms with Crippen LogP contribution in [0.1, 0.15) is 37.3 Å². The van der Waals surface area contributed by atoms with Crippen LogP contribution < -0.4 is 5.73 Å². The minimum Gasteiger partial charge on any atom is -0.351 e. The van der Waals surface area contributed by atoms with Crippen molar-refractivity contribution < 1.29 is 4.79 Å². The van der Waals surface area contributed by atoms with Gasteiger partial charge in [0.15, 0.2) is 0 Å². The first-order valence-corrected chi connectivity index (χ1v) is 8.47. The van der Waals surface area contributed by atoms with Crippen molar-refractivity contribution in [1.29, 1.82) is 0 Å². The molecule has 1 unspecified atom stereocenters. The molecule has 3 aliphatic rings. The van der Waals surface area contributed by atoms with Gasteiger partial charge in [-0.1, -0.05) is 54.6 Å². The lowest BCUT2D eigenvalue weighted by Gasteiger charge is -2.51. The van der Waals surface area contributed by atoms with E-state index in [1.165, 1.54) is 29.5 Å². The van der Waals surface area contributed by atoms with Crippen molar-refractivity contribution in [2.75, 3.05) is 0 Å². The third-order valence-corrected chi connectivity index (χ3v) is 5.49. The third kappa shape index (κ3) is 2.50. The molecule has 1 aliphatic carbocycles. The molecule has 1 atom stereocenters. The molecule has 2 aliphatic heterocycles. The van der Waals surface area contributed by atoms with Crippen LogP contribution in [0.3, 0.4) is 0 Å². The molecule has 118 valence electrons. The first-order valence-electron chi connectivity index (χ1n) is 8.47. The van der Waals surface area contributed by atoms with Gasteiger partial charge in [-0.05, 0) is 48.3 Å². The van der Waals surface area contributed by atoms with E-state index in [0.29, 0.717) is 12.0 Å². The monoisotopic (exact) mass is 306 g/mol. The Morgan fingerprint density at radius 2 is 1.48 bits per heavy atom. The third-order valence-electron chi connectivity index (χ3n) is 5.49. The second-order valence-corrected chi connectivity index (χ2v) is 6.75. The molecule has 1 saturated carbocycles. The lowest BCUT2D eigenvalue weighted by atomic mass is 9.72. The smallest absolute Gasteiger partial charge is 0.315 e. The Kier molecular flexibility index (Phi) is 3.56. The summed E-state index contributed by atoms with van der Waals surface area (Å²) >= 11 is 0. The summed E-state index contributed by atoms with van der Waals surface area (Å²) in [4.78, 5) is 13.9. The Balaban J connectivity index is 1.66. The molecular weight excluding hydrogens is 284 g/mol. The lowest BCUT2D eigenvalue weighted by molar-refractivity contribution is 0.0213. The number of hydrogen-bond acceptors (Lipinski definition) is 1. The standard InChI is InChI=1S/C20H22N2O/c21-20(23)22-18-12-10-17(11-13-18)19(22)16-8-6-15(7-9-16)14-4-2-1-3-5-14/h1-9,17-19H,10-13H2,(H2,21,23). The summed E-state index contributed by atoms with van der Waals surface area (Å²) in [5.74, 6) is 0.551. The number of carbonyl (C=O) groups excluding carboxylic acids is 1. The van der Waals surface area contributed by atoms with E-state index in [9.17, 15) is 4.79 Å². The van der Waals surface area contributed by atoms with Crippen molar-refractivity contribution >= 4 is 6.03 Å². The van der Waals surface area contributed by atoms with Crippen molar-refractivity contribution in [2.45, 2.75) is 37.8 Å². The van der Waals surface area contributed by atoms with E-state index in [0.717, 1.165) is 12.8 Å². The molecular formula is C20H22N2O. The Hall–Kier alpha value is -2.29. The van der Waals surface area contributed by atoms with Crippen molar-refractivity contribution in [3.05, 3.63) is 60.2 Å². The maximum absolute atomic E-state index is 12.0. The topological polar surface area (TPSA) is 46.3 Å². The van der Waals surface area contributed by atoms with Gasteiger partial charge in [0.25, 0.3) is 0 Å². The minimum atomic E-state index is -0.267. The maximum Gasteiger partial charge on any atom is 0.315 e. The summed E-state index contributed by atoms with van der Waals surface area (Å²) in [6.45, 7) is 0. The molecule has 5 rings (SSSR count). The average Bonchev–Trinajstić information content (AvgIpc) is 2.63. The molecule has 2 N–H and O–H groups in total. The highest BCUT2D eigenvalue weighted by Crippen LogP contribution is 2.47. The maximum atomic E-state index is 12.0. The molecule has 2 aromatic rings. The number of nitrogens with two attached hydrogens (primary N) is 1. The molecule has 3 nitrogen and oxygen atoms in total. The van der Waals surface area contributed by atoms with Gasteiger partial charge in [-0.15, -0.1) is 0 Å². The number of benzene rings is 2. The van der Waals surface area contributed by atoms with Crippen molar-refractivity contribution in [3.63, 3.8) is 0 Å². The Bertz CT molecular complexity index is 687. The van der Waals surface area contributed by atoms with Gasteiger partial charge in [0.2, 0.25) is 0 Å². The predicted molar refractivity (Wildman–Crippen MR) is 91.8 cm³/mol. The molecule has 23 heavy (non-hydrogen) atoms. The van der Waals surface area contributed by atoms with E-state index in [1.807, 2.05) is 11.0 Å². The van der Waals surface area contributed by atoms with Gasteiger partial charge in [0.05, 0.1) is 6.04 Å². The summed E-state index contributed by atoms with van der Waals surface area (Å²) in [6.07, 6.45) is 4.62. The molecule has 2 bridgehead atoms. The highest BCUT2D eigenvalue weighted by atomic mass is 16.2. The average molecular weight is 306 g/mol. The highest BCUT2D eigenvalue weighted by Gasteiger charge is 2.44. The van der Waals surface area contributed by atoms with Crippen LogP contribution in [-0.4, -0.2) is 17.0 Å². The number of urea groups is 1. The number of fused-ring (bicyclic) bond motifs is 3. The van der Waals surface area contributed by atoms with E-state index in [1.54, 1.807) is 0 Å². The van der Waals surface area contributed by atoms with Crippen LogP contribution in [0, 0.1) is 5.92 Å². The number of hydrogen-bond donors (Lipinski definition) is 1. The molecule has 0 radical (unpaired) electrons. The number of primary amides is 1. The largest absolute Gasteiger partial charge is 0.351 e. The van der Waals surface area contributed by atoms with Gasteiger partial charge < -0.3 is 10.6 Å². The SMILES string of the molecule is NC(=O)N1C2CCC(CC2)C1c1ccc(-c2ccccc2)cc1. The minimum absolute atomic E-state index is 0.157. The number of amides is 2. The quantitative estimate of drug-likeness (QED) is 0.881. The van der Waals surface area contributed by atoms with Gasteiger partial charge >= 0.3 is 6.03 Å². The van der Waals surface area contributed by atoms with Gasteiger partial charge in [-0.2, -0.15) is 0 Å². The summed E-state index contributed by atoms with van der Waals surface area (Å²) in [5, 5.41) is 0. The first kappa shape index (κ1) is 14.3. The van der Waals surface area contributed by atoms with Crippen molar-refractivity contribution in [2.24, 2.45) is 11.7 Å². The highest BCUT2D eigenvalue weighted by molar-refractivity contribution is 5.73. The second kappa shape index (κ2) is 5.73. The fourth-order valence-corrected chi connectivity index (χ4v) is 4.40. The van der Waals surface area contributed by atoms with Crippen molar-refractivity contribution in [3.8, 4) is 11.1 Å². The van der Waals surface area contributed by atoms with Crippen LogP contribution in [0.2, 0.25) is 0 Å². The zero-order chi connectivity index (χ0) is 15.8. The Labute approximate surface area is 137 Å². The molecule has 3 heteroatoms. The predicted octanol–water partition coefficient (Wildman–Crippen LogP) is 4.35. The van der Waals surface area contributed by atoms with E-state index in [2.05, 4.69) is 48.5 Å². The zero-order valence-corrected chi connectivity index (χ0v) is 13.2. The number of piperidine rings is 2. The normalized spacial score (nSPS) is 26.3. The zero-order valence-electron chi connectivity index (χ0n) is 13.2. The van der Waals surface area contributed by atoms with Gasteiger partial charge in [-0.3, -0.25) is 0 Å². The van der Waals surface area contributed by atoms with Crippen LogP contribution >= 0.6 is 0 Å². The number of carbonyl (C=O) groups is 1. The molecule has 2 amide bonds. The Morgan fingerprint density at radius 3 is 2.09 bits per heavy atom. The van der Waals surface area contributed by atoms with E-state index >= 15 is 0 Å².